The number of amides is 2. The largest absolute Gasteiger partial charge is 0.481 e. The molecule has 34 heavy (non-hydrogen) atoms. The van der Waals surface area contributed by atoms with Crippen LogP contribution >= 0.6 is 0 Å². The van der Waals surface area contributed by atoms with Gasteiger partial charge in [-0.3, -0.25) is 9.59 Å². The molecule has 1 aromatic rings. The van der Waals surface area contributed by atoms with Gasteiger partial charge in [0.1, 0.15) is 0 Å². The average molecular weight is 473 g/mol. The molecule has 2 aliphatic heterocycles. The van der Waals surface area contributed by atoms with Gasteiger partial charge in [0.15, 0.2) is 0 Å². The molecule has 2 aliphatic rings. The average Bonchev–Trinajstić information content (AvgIpc) is 3.04. The van der Waals surface area contributed by atoms with E-state index in [2.05, 4.69) is 17.4 Å². The molecule has 2 fully saturated rings. The van der Waals surface area contributed by atoms with E-state index in [-0.39, 0.29) is 24.2 Å². The minimum atomic E-state index is -0.774. The Morgan fingerprint density at radius 1 is 1.06 bits per heavy atom. The third-order valence-electron chi connectivity index (χ3n) is 7.12. The van der Waals surface area contributed by atoms with Gasteiger partial charge >= 0.3 is 7.12 Å². The first-order valence-corrected chi connectivity index (χ1v) is 12.4. The molecule has 3 rings (SSSR count). The maximum atomic E-state index is 13.0. The Morgan fingerprint density at radius 3 is 2.29 bits per heavy atom. The summed E-state index contributed by atoms with van der Waals surface area (Å²) in [6.07, 6.45) is 2.99. The number of hydrogen-bond donors (Lipinski definition) is 2. The van der Waals surface area contributed by atoms with Crippen molar-refractivity contribution in [3.05, 3.63) is 35.9 Å². The first kappa shape index (κ1) is 26.7. The van der Waals surface area contributed by atoms with E-state index in [0.29, 0.717) is 39.1 Å². The molecule has 0 spiro atoms. The number of ether oxygens (including phenoxy) is 1. The van der Waals surface area contributed by atoms with Crippen LogP contribution in [0.4, 0.5) is 0 Å². The normalized spacial score (nSPS) is 21.2. The maximum absolute atomic E-state index is 13.0. The van der Waals surface area contributed by atoms with Gasteiger partial charge in [-0.1, -0.05) is 30.3 Å². The Labute approximate surface area is 204 Å². The molecule has 8 nitrogen and oxygen atoms in total. The number of benzene rings is 1. The van der Waals surface area contributed by atoms with Crippen LogP contribution in [0.25, 0.3) is 0 Å². The van der Waals surface area contributed by atoms with Gasteiger partial charge in [-0.05, 0) is 58.9 Å². The van der Waals surface area contributed by atoms with Crippen molar-refractivity contribution in [2.45, 2.75) is 83.0 Å². The second-order valence-corrected chi connectivity index (χ2v) is 10.3. The number of carbonyl (C=O) groups is 2. The quantitative estimate of drug-likeness (QED) is 0.505. The summed E-state index contributed by atoms with van der Waals surface area (Å²) in [4.78, 5) is 27.2. The van der Waals surface area contributed by atoms with E-state index in [0.717, 1.165) is 12.8 Å². The summed E-state index contributed by atoms with van der Waals surface area (Å²) >= 11 is 0. The van der Waals surface area contributed by atoms with E-state index < -0.39 is 24.4 Å². The summed E-state index contributed by atoms with van der Waals surface area (Å²) in [6.45, 7) is 10.3. The van der Waals surface area contributed by atoms with E-state index in [1.165, 1.54) is 5.56 Å². The van der Waals surface area contributed by atoms with Gasteiger partial charge in [0.05, 0.1) is 36.4 Å². The highest BCUT2D eigenvalue weighted by atomic mass is 16.7. The molecule has 0 saturated carbocycles. The number of carbonyl (C=O) groups excluding carboxylic acids is 2. The van der Waals surface area contributed by atoms with Gasteiger partial charge in [0.2, 0.25) is 11.8 Å². The molecular formula is C25H40BN3O5. The highest BCUT2D eigenvalue weighted by Crippen LogP contribution is 2.38. The summed E-state index contributed by atoms with van der Waals surface area (Å²) in [7, 11) is -0.563. The lowest BCUT2D eigenvalue weighted by Crippen LogP contribution is -2.53. The Kier molecular flexibility index (Phi) is 9.15. The highest BCUT2D eigenvalue weighted by Gasteiger charge is 2.54. The SMILES string of the molecule is CC1(C)OB([C@H](CCCc2ccccc2)NC(=O)[C@H](N)CCC(=O)N2CCOCC2)OC1(C)C. The van der Waals surface area contributed by atoms with E-state index >= 15 is 0 Å². The van der Waals surface area contributed by atoms with Crippen LogP contribution in [0.15, 0.2) is 30.3 Å². The van der Waals surface area contributed by atoms with Crippen LogP contribution in [-0.2, 0) is 30.1 Å². The highest BCUT2D eigenvalue weighted by molar-refractivity contribution is 6.48. The minimum Gasteiger partial charge on any atom is -0.402 e. The van der Waals surface area contributed by atoms with Crippen LogP contribution < -0.4 is 11.1 Å². The third kappa shape index (κ3) is 7.04. The fraction of sp³-hybridized carbons (Fsp3) is 0.680. The molecule has 0 radical (unpaired) electrons. The summed E-state index contributed by atoms with van der Waals surface area (Å²) < 4.78 is 17.8. The first-order chi connectivity index (χ1) is 16.1. The molecule has 1 aromatic carbocycles. The van der Waals surface area contributed by atoms with Gasteiger partial charge in [-0.15, -0.1) is 0 Å². The van der Waals surface area contributed by atoms with Gasteiger partial charge in [0, 0.05) is 19.5 Å². The Hall–Kier alpha value is -1.94. The lowest BCUT2D eigenvalue weighted by atomic mass is 9.75. The summed E-state index contributed by atoms with van der Waals surface area (Å²) in [6, 6.07) is 9.49. The fourth-order valence-corrected chi connectivity index (χ4v) is 4.17. The molecule has 188 valence electrons. The zero-order chi connectivity index (χ0) is 24.8. The van der Waals surface area contributed by atoms with E-state index in [1.54, 1.807) is 4.90 Å². The lowest BCUT2D eigenvalue weighted by Gasteiger charge is -2.32. The molecule has 2 heterocycles. The van der Waals surface area contributed by atoms with Gasteiger partial charge < -0.3 is 30.0 Å². The number of nitrogens with two attached hydrogens (primary N) is 1. The van der Waals surface area contributed by atoms with E-state index in [4.69, 9.17) is 19.8 Å². The maximum Gasteiger partial charge on any atom is 0.481 e. The molecule has 2 amide bonds. The third-order valence-corrected chi connectivity index (χ3v) is 7.12. The van der Waals surface area contributed by atoms with E-state index in [1.807, 2.05) is 45.9 Å². The lowest BCUT2D eigenvalue weighted by molar-refractivity contribution is -0.135. The van der Waals surface area contributed by atoms with Crippen molar-refractivity contribution < 1.29 is 23.6 Å². The number of morpholine rings is 1. The van der Waals surface area contributed by atoms with Crippen LogP contribution in [0.1, 0.15) is 58.9 Å². The molecule has 0 aromatic heterocycles. The number of hydrogen-bond acceptors (Lipinski definition) is 6. The Morgan fingerprint density at radius 2 is 1.68 bits per heavy atom. The van der Waals surface area contributed by atoms with Crippen LogP contribution in [-0.4, -0.2) is 73.3 Å². The van der Waals surface area contributed by atoms with Crippen molar-refractivity contribution in [1.29, 1.82) is 0 Å². The summed E-state index contributed by atoms with van der Waals surface area (Å²) in [5, 5.41) is 3.06. The van der Waals surface area contributed by atoms with Crippen LogP contribution in [0.3, 0.4) is 0 Å². The smallest absolute Gasteiger partial charge is 0.402 e. The number of nitrogens with zero attached hydrogens (tertiary/aromatic N) is 1. The molecule has 2 atom stereocenters. The van der Waals surface area contributed by atoms with Crippen molar-refractivity contribution in [3.8, 4) is 0 Å². The molecule has 2 saturated heterocycles. The molecule has 0 bridgehead atoms. The van der Waals surface area contributed by atoms with Gasteiger partial charge in [-0.2, -0.15) is 0 Å². The van der Waals surface area contributed by atoms with Crippen molar-refractivity contribution in [2.75, 3.05) is 26.3 Å². The summed E-state index contributed by atoms with van der Waals surface area (Å²) in [5.74, 6) is -0.607. The zero-order valence-corrected chi connectivity index (χ0v) is 21.0. The molecule has 0 aliphatic carbocycles. The van der Waals surface area contributed by atoms with Gasteiger partial charge in [0.25, 0.3) is 0 Å². The minimum absolute atomic E-state index is 0.0110. The van der Waals surface area contributed by atoms with Crippen molar-refractivity contribution in [2.24, 2.45) is 5.73 Å². The second kappa shape index (κ2) is 11.7. The predicted octanol–water partition coefficient (Wildman–Crippen LogP) is 2.09. The van der Waals surface area contributed by atoms with Gasteiger partial charge in [-0.25, -0.2) is 0 Å². The van der Waals surface area contributed by atoms with Crippen molar-refractivity contribution in [3.63, 3.8) is 0 Å². The van der Waals surface area contributed by atoms with Crippen molar-refractivity contribution in [1.82, 2.24) is 10.2 Å². The predicted molar refractivity (Wildman–Crippen MR) is 132 cm³/mol. The summed E-state index contributed by atoms with van der Waals surface area (Å²) in [5.41, 5.74) is 6.44. The molecule has 9 heteroatoms. The molecule has 3 N–H and O–H groups in total. The molecule has 0 unspecified atom stereocenters. The Bertz CT molecular complexity index is 798. The molecular weight excluding hydrogens is 433 g/mol. The monoisotopic (exact) mass is 473 g/mol. The zero-order valence-electron chi connectivity index (χ0n) is 21.0. The van der Waals surface area contributed by atoms with Crippen LogP contribution in [0.5, 0.6) is 0 Å². The Balaban J connectivity index is 1.56. The van der Waals surface area contributed by atoms with E-state index in [9.17, 15) is 9.59 Å². The standard InChI is InChI=1S/C25H40BN3O5/c1-24(2)25(3,4)34-26(33-24)21(12-8-11-19-9-6-5-7-10-19)28-23(31)20(27)13-14-22(30)29-15-17-32-18-16-29/h5-7,9-10,20-21H,8,11-18,27H2,1-4H3,(H,28,31)/t20-,21+/m1/s1. The van der Waals surface area contributed by atoms with Crippen molar-refractivity contribution >= 4 is 18.9 Å². The first-order valence-electron chi connectivity index (χ1n) is 12.4. The second-order valence-electron chi connectivity index (χ2n) is 10.3. The van der Waals surface area contributed by atoms with Crippen LogP contribution in [0, 0.1) is 0 Å². The number of aryl methyl sites for hydroxylation is 1. The fourth-order valence-electron chi connectivity index (χ4n) is 4.17. The number of nitrogens with one attached hydrogen (secondary N) is 1. The topological polar surface area (TPSA) is 103 Å². The number of rotatable bonds is 10. The van der Waals surface area contributed by atoms with Crippen LogP contribution in [0.2, 0.25) is 0 Å².